The summed E-state index contributed by atoms with van der Waals surface area (Å²) in [5.41, 5.74) is 1.67. The van der Waals surface area contributed by atoms with Crippen molar-refractivity contribution in [1.82, 2.24) is 24.6 Å². The van der Waals surface area contributed by atoms with E-state index in [1.54, 1.807) is 33.2 Å². The molecule has 0 bridgehead atoms. The first-order valence-electron chi connectivity index (χ1n) is 8.46. The second-order valence-corrected chi connectivity index (χ2v) is 6.18. The summed E-state index contributed by atoms with van der Waals surface area (Å²) in [7, 11) is 4.86. The van der Waals surface area contributed by atoms with Gasteiger partial charge in [-0.25, -0.2) is 9.59 Å². The number of hydrogen-bond donors (Lipinski definition) is 2. The van der Waals surface area contributed by atoms with Crippen LogP contribution >= 0.6 is 0 Å². The number of carbonyl (C=O) groups is 1. The topological polar surface area (TPSA) is 116 Å². The fourth-order valence-corrected chi connectivity index (χ4v) is 2.90. The quantitative estimate of drug-likeness (QED) is 0.704. The van der Waals surface area contributed by atoms with Crippen molar-refractivity contribution in [2.75, 3.05) is 12.4 Å². The maximum Gasteiger partial charge on any atom is 0.328 e. The number of nitrogens with one attached hydrogen (secondary N) is 2. The predicted octanol–water partition coefficient (Wildman–Crippen LogP) is 1.85. The molecule has 1 aromatic carbocycles. The molecule has 3 rings (SSSR count). The van der Waals surface area contributed by atoms with Crippen LogP contribution in [0.25, 0.3) is 11.0 Å². The van der Waals surface area contributed by atoms with E-state index in [1.165, 1.54) is 16.2 Å². The molecule has 0 spiro atoms. The molecule has 10 heteroatoms. The molecule has 0 fully saturated rings. The number of benzene rings is 1. The number of fused-ring (bicyclic) bond motifs is 1. The Morgan fingerprint density at radius 3 is 2.52 bits per heavy atom. The lowest BCUT2D eigenvalue weighted by Crippen LogP contribution is -2.32. The SMILES string of the molecule is CCC(NC(=O)Nc1cc2c(cc1OC)n(C)c(=O)n2C)c1nc(C)no1. The van der Waals surface area contributed by atoms with Crippen molar-refractivity contribution in [2.24, 2.45) is 14.1 Å². The molecule has 1 unspecified atom stereocenters. The third-order valence-electron chi connectivity index (χ3n) is 4.40. The summed E-state index contributed by atoms with van der Waals surface area (Å²) >= 11 is 0. The standard InChI is InChI=1S/C17H22N6O4/c1-6-10(15-18-9(2)21-27-15)19-16(24)20-11-7-12-13(8-14(11)26-5)23(4)17(25)22(12)3/h7-8,10H,6H2,1-5H3,(H2,19,20,24). The van der Waals surface area contributed by atoms with Gasteiger partial charge in [-0.15, -0.1) is 0 Å². The summed E-state index contributed by atoms with van der Waals surface area (Å²) in [4.78, 5) is 28.8. The Kier molecular flexibility index (Phi) is 4.89. The molecular weight excluding hydrogens is 352 g/mol. The van der Waals surface area contributed by atoms with Gasteiger partial charge in [0.2, 0.25) is 5.89 Å². The highest BCUT2D eigenvalue weighted by atomic mass is 16.5. The van der Waals surface area contributed by atoms with Crippen LogP contribution in [0.4, 0.5) is 10.5 Å². The minimum atomic E-state index is -0.448. The van der Waals surface area contributed by atoms with Crippen LogP contribution in [-0.4, -0.2) is 32.4 Å². The molecule has 0 aliphatic rings. The van der Waals surface area contributed by atoms with Gasteiger partial charge in [-0.05, 0) is 19.4 Å². The number of methoxy groups -OCH3 is 1. The molecule has 1 atom stereocenters. The molecule has 2 aromatic heterocycles. The highest BCUT2D eigenvalue weighted by Gasteiger charge is 2.20. The van der Waals surface area contributed by atoms with Gasteiger partial charge in [0.15, 0.2) is 5.82 Å². The van der Waals surface area contributed by atoms with E-state index in [4.69, 9.17) is 9.26 Å². The summed E-state index contributed by atoms with van der Waals surface area (Å²) in [5, 5.41) is 9.31. The minimum Gasteiger partial charge on any atom is -0.494 e. The van der Waals surface area contributed by atoms with E-state index in [-0.39, 0.29) is 5.69 Å². The van der Waals surface area contributed by atoms with Gasteiger partial charge < -0.3 is 19.9 Å². The molecule has 0 aliphatic carbocycles. The Bertz CT molecular complexity index is 1050. The highest BCUT2D eigenvalue weighted by molar-refractivity contribution is 5.94. The number of urea groups is 1. The van der Waals surface area contributed by atoms with Gasteiger partial charge in [-0.3, -0.25) is 9.13 Å². The lowest BCUT2D eigenvalue weighted by Gasteiger charge is -2.15. The van der Waals surface area contributed by atoms with Crippen LogP contribution in [0.1, 0.15) is 31.1 Å². The fourth-order valence-electron chi connectivity index (χ4n) is 2.90. The van der Waals surface area contributed by atoms with E-state index in [0.717, 1.165) is 0 Å². The van der Waals surface area contributed by atoms with Crippen molar-refractivity contribution < 1.29 is 14.1 Å². The van der Waals surface area contributed by atoms with Gasteiger partial charge in [-0.2, -0.15) is 4.98 Å². The number of imidazole rings is 1. The van der Waals surface area contributed by atoms with Gasteiger partial charge in [0.25, 0.3) is 0 Å². The van der Waals surface area contributed by atoms with E-state index < -0.39 is 12.1 Å². The molecule has 10 nitrogen and oxygen atoms in total. The van der Waals surface area contributed by atoms with Gasteiger partial charge >= 0.3 is 11.7 Å². The molecule has 0 aliphatic heterocycles. The van der Waals surface area contributed by atoms with E-state index in [1.807, 2.05) is 6.92 Å². The minimum absolute atomic E-state index is 0.161. The number of ether oxygens (including phenoxy) is 1. The average Bonchev–Trinajstić information content (AvgIpc) is 3.17. The van der Waals surface area contributed by atoms with Crippen molar-refractivity contribution in [1.29, 1.82) is 0 Å². The number of amides is 2. The third kappa shape index (κ3) is 3.37. The third-order valence-corrected chi connectivity index (χ3v) is 4.40. The lowest BCUT2D eigenvalue weighted by molar-refractivity contribution is 0.243. The first kappa shape index (κ1) is 18.5. The Morgan fingerprint density at radius 2 is 1.96 bits per heavy atom. The fraction of sp³-hybridized carbons (Fsp3) is 0.412. The number of carbonyl (C=O) groups excluding carboxylic acids is 1. The number of aromatic nitrogens is 4. The van der Waals surface area contributed by atoms with Crippen LogP contribution in [0, 0.1) is 6.92 Å². The molecule has 0 saturated carbocycles. The lowest BCUT2D eigenvalue weighted by atomic mass is 10.2. The molecule has 2 heterocycles. The Hall–Kier alpha value is -3.30. The smallest absolute Gasteiger partial charge is 0.328 e. The van der Waals surface area contributed by atoms with Crippen molar-refractivity contribution in [3.8, 4) is 5.75 Å². The number of nitrogens with zero attached hydrogens (tertiary/aromatic N) is 4. The van der Waals surface area contributed by atoms with Crippen molar-refractivity contribution in [3.05, 3.63) is 34.3 Å². The van der Waals surface area contributed by atoms with Crippen molar-refractivity contribution >= 4 is 22.8 Å². The molecule has 0 saturated heterocycles. The summed E-state index contributed by atoms with van der Waals surface area (Å²) in [5.74, 6) is 1.29. The maximum absolute atomic E-state index is 12.5. The van der Waals surface area contributed by atoms with Gasteiger partial charge in [0.1, 0.15) is 11.8 Å². The van der Waals surface area contributed by atoms with E-state index in [9.17, 15) is 9.59 Å². The first-order valence-corrected chi connectivity index (χ1v) is 8.46. The first-order chi connectivity index (χ1) is 12.8. The van der Waals surface area contributed by atoms with Crippen LogP contribution < -0.4 is 21.1 Å². The van der Waals surface area contributed by atoms with Crippen molar-refractivity contribution in [3.63, 3.8) is 0 Å². The summed E-state index contributed by atoms with van der Waals surface area (Å²) < 4.78 is 13.5. The zero-order valence-electron chi connectivity index (χ0n) is 15.9. The van der Waals surface area contributed by atoms with Crippen LogP contribution in [0.2, 0.25) is 0 Å². The molecule has 27 heavy (non-hydrogen) atoms. The van der Waals surface area contributed by atoms with Gasteiger partial charge in [0, 0.05) is 20.2 Å². The molecular formula is C17H22N6O4. The van der Waals surface area contributed by atoms with E-state index in [0.29, 0.717) is 40.6 Å². The second kappa shape index (κ2) is 7.14. The number of anilines is 1. The summed E-state index contributed by atoms with van der Waals surface area (Å²) in [6.07, 6.45) is 0.582. The van der Waals surface area contributed by atoms with Crippen LogP contribution in [0.15, 0.2) is 21.5 Å². The van der Waals surface area contributed by atoms with Gasteiger partial charge in [0.05, 0.1) is 23.8 Å². The number of hydrogen-bond acceptors (Lipinski definition) is 6. The molecule has 0 radical (unpaired) electrons. The maximum atomic E-state index is 12.5. The average molecular weight is 374 g/mol. The predicted molar refractivity (Wildman–Crippen MR) is 98.9 cm³/mol. The summed E-state index contributed by atoms with van der Waals surface area (Å²) in [6, 6.07) is 2.55. The Balaban J connectivity index is 1.87. The molecule has 2 N–H and O–H groups in total. The Morgan fingerprint density at radius 1 is 1.30 bits per heavy atom. The largest absolute Gasteiger partial charge is 0.494 e. The molecule has 3 aromatic rings. The highest BCUT2D eigenvalue weighted by Crippen LogP contribution is 2.29. The zero-order valence-corrected chi connectivity index (χ0v) is 15.9. The van der Waals surface area contributed by atoms with E-state index >= 15 is 0 Å². The van der Waals surface area contributed by atoms with Crippen LogP contribution in [0.3, 0.4) is 0 Å². The molecule has 144 valence electrons. The Labute approximate surface area is 155 Å². The molecule has 2 amide bonds. The number of aryl methyl sites for hydroxylation is 3. The van der Waals surface area contributed by atoms with Crippen molar-refractivity contribution in [2.45, 2.75) is 26.3 Å². The van der Waals surface area contributed by atoms with Gasteiger partial charge in [-0.1, -0.05) is 12.1 Å². The van der Waals surface area contributed by atoms with E-state index in [2.05, 4.69) is 20.8 Å². The monoisotopic (exact) mass is 374 g/mol. The zero-order chi connectivity index (χ0) is 19.7. The number of rotatable bonds is 5. The normalized spacial score (nSPS) is 12.2. The van der Waals surface area contributed by atoms with Crippen LogP contribution in [-0.2, 0) is 14.1 Å². The second-order valence-electron chi connectivity index (χ2n) is 6.18. The summed E-state index contributed by atoms with van der Waals surface area (Å²) in [6.45, 7) is 3.61. The van der Waals surface area contributed by atoms with Crippen LogP contribution in [0.5, 0.6) is 5.75 Å².